The highest BCUT2D eigenvalue weighted by Crippen LogP contribution is 2.28. The van der Waals surface area contributed by atoms with Gasteiger partial charge >= 0.3 is 0 Å². The Balaban J connectivity index is 1.32. The molecule has 33 heavy (non-hydrogen) atoms. The summed E-state index contributed by atoms with van der Waals surface area (Å²) in [5.41, 5.74) is 2.64. The molecule has 0 aliphatic carbocycles. The molecule has 4 heterocycles. The highest BCUT2D eigenvalue weighted by Gasteiger charge is 2.20. The lowest BCUT2D eigenvalue weighted by Gasteiger charge is -2.25. The number of pyridine rings is 1. The number of aryl methyl sites for hydroxylation is 1. The van der Waals surface area contributed by atoms with Crippen molar-refractivity contribution in [3.05, 3.63) is 59.9 Å². The number of rotatable bonds is 6. The number of hydroxylamine groups is 2. The predicted molar refractivity (Wildman–Crippen MR) is 128 cm³/mol. The van der Waals surface area contributed by atoms with Gasteiger partial charge in [0, 0.05) is 19.2 Å². The summed E-state index contributed by atoms with van der Waals surface area (Å²) >= 11 is 1.20. The Kier molecular flexibility index (Phi) is 6.09. The second kappa shape index (κ2) is 9.47. The molecule has 1 aliphatic rings. The summed E-state index contributed by atoms with van der Waals surface area (Å²) < 4.78 is 4.35. The van der Waals surface area contributed by atoms with Gasteiger partial charge in [-0.3, -0.25) is 9.78 Å². The van der Waals surface area contributed by atoms with E-state index in [1.807, 2.05) is 35.4 Å². The number of nitrogens with zero attached hydrogens (tertiary/aromatic N) is 5. The molecule has 0 atom stereocenters. The molecule has 10 heteroatoms. The molecule has 0 bridgehead atoms. The molecule has 3 aromatic heterocycles. The molecule has 0 unspecified atom stereocenters. The van der Waals surface area contributed by atoms with Crippen molar-refractivity contribution < 1.29 is 9.63 Å². The molecule has 0 radical (unpaired) electrons. The van der Waals surface area contributed by atoms with Crippen LogP contribution < -0.4 is 15.5 Å². The molecule has 2 N–H and O–H groups in total. The normalized spacial score (nSPS) is 14.2. The molecule has 1 amide bonds. The number of amides is 1. The van der Waals surface area contributed by atoms with Gasteiger partial charge in [0.2, 0.25) is 5.88 Å². The zero-order valence-electron chi connectivity index (χ0n) is 18.1. The molecule has 1 aromatic carbocycles. The van der Waals surface area contributed by atoms with E-state index in [-0.39, 0.29) is 5.91 Å². The number of fused-ring (bicyclic) bond motifs is 1. The Labute approximate surface area is 195 Å². The molecule has 0 saturated carbocycles. The summed E-state index contributed by atoms with van der Waals surface area (Å²) in [5.74, 6) is 1.11. The zero-order valence-corrected chi connectivity index (χ0v) is 18.9. The van der Waals surface area contributed by atoms with Gasteiger partial charge in [-0.25, -0.2) is 4.98 Å². The number of piperidine rings is 1. The molecule has 1 aliphatic heterocycles. The molecule has 0 spiro atoms. The molecular weight excluding hydrogens is 438 g/mol. The van der Waals surface area contributed by atoms with Crippen LogP contribution in [-0.4, -0.2) is 43.4 Å². The van der Waals surface area contributed by atoms with Crippen LogP contribution in [0.15, 0.2) is 48.7 Å². The molecule has 1 fully saturated rings. The summed E-state index contributed by atoms with van der Waals surface area (Å²) in [6.07, 6.45) is 5.08. The molecule has 1 saturated heterocycles. The third-order valence-electron chi connectivity index (χ3n) is 5.28. The predicted octanol–water partition coefficient (Wildman–Crippen LogP) is 4.57. The van der Waals surface area contributed by atoms with Crippen LogP contribution in [0.5, 0.6) is 5.88 Å². The van der Waals surface area contributed by atoms with Gasteiger partial charge in [0.15, 0.2) is 0 Å². The van der Waals surface area contributed by atoms with Gasteiger partial charge in [-0.1, -0.05) is 24.6 Å². The third-order valence-corrected chi connectivity index (χ3v) is 6.14. The van der Waals surface area contributed by atoms with Crippen molar-refractivity contribution in [3.8, 4) is 5.88 Å². The Morgan fingerprint density at radius 2 is 1.82 bits per heavy atom. The van der Waals surface area contributed by atoms with Crippen molar-refractivity contribution in [2.45, 2.75) is 26.2 Å². The number of hydrogen-bond donors (Lipinski definition) is 2. The summed E-state index contributed by atoms with van der Waals surface area (Å²) in [7, 11) is 0. The smallest absolute Gasteiger partial charge is 0.261 e. The van der Waals surface area contributed by atoms with E-state index in [1.54, 1.807) is 25.3 Å². The number of carbonyl (C=O) groups excluding carboxylic acids is 1. The maximum absolute atomic E-state index is 13.1. The van der Waals surface area contributed by atoms with Gasteiger partial charge in [-0.15, -0.1) is 5.06 Å². The molecule has 5 rings (SSSR count). The minimum Gasteiger partial charge on any atom is -0.386 e. The average Bonchev–Trinajstić information content (AvgIpc) is 3.20. The first-order chi connectivity index (χ1) is 16.2. The van der Waals surface area contributed by atoms with Gasteiger partial charge < -0.3 is 15.5 Å². The van der Waals surface area contributed by atoms with E-state index in [9.17, 15) is 4.79 Å². The van der Waals surface area contributed by atoms with Crippen LogP contribution in [0.3, 0.4) is 0 Å². The largest absolute Gasteiger partial charge is 0.386 e. The number of aromatic nitrogens is 4. The lowest BCUT2D eigenvalue weighted by molar-refractivity contribution is -0.0756. The van der Waals surface area contributed by atoms with Crippen LogP contribution in [0.4, 0.5) is 16.6 Å². The zero-order chi connectivity index (χ0) is 22.6. The average molecular weight is 462 g/mol. The van der Waals surface area contributed by atoms with Crippen molar-refractivity contribution in [2.24, 2.45) is 0 Å². The van der Waals surface area contributed by atoms with Gasteiger partial charge in [0.25, 0.3) is 5.91 Å². The number of nitrogens with one attached hydrogen (secondary N) is 2. The first kappa shape index (κ1) is 21.2. The molecule has 4 aromatic rings. The van der Waals surface area contributed by atoms with Crippen molar-refractivity contribution in [2.75, 3.05) is 23.7 Å². The number of carbonyl (C=O) groups is 1. The lowest BCUT2D eigenvalue weighted by Crippen LogP contribution is -2.33. The summed E-state index contributed by atoms with van der Waals surface area (Å²) in [6.45, 7) is 3.56. The quantitative estimate of drug-likeness (QED) is 0.430. The van der Waals surface area contributed by atoms with Crippen molar-refractivity contribution in [1.82, 2.24) is 24.4 Å². The van der Waals surface area contributed by atoms with Gasteiger partial charge in [0.1, 0.15) is 16.6 Å². The minimum absolute atomic E-state index is 0.305. The number of benzene rings is 1. The van der Waals surface area contributed by atoms with E-state index < -0.39 is 0 Å². The SMILES string of the molecule is Cc1nsc(Nc2cnc3ccccc3n2)c1C(=O)Nc1cccc(ON2CCCCC2)n1. The van der Waals surface area contributed by atoms with E-state index in [1.165, 1.54) is 18.0 Å². The van der Waals surface area contributed by atoms with E-state index in [4.69, 9.17) is 4.84 Å². The van der Waals surface area contributed by atoms with Crippen LogP contribution in [0.2, 0.25) is 0 Å². The fraction of sp³-hybridized carbons (Fsp3) is 0.261. The Morgan fingerprint density at radius 1 is 1.00 bits per heavy atom. The van der Waals surface area contributed by atoms with E-state index in [0.29, 0.717) is 33.8 Å². The van der Waals surface area contributed by atoms with Crippen LogP contribution >= 0.6 is 11.5 Å². The first-order valence-corrected chi connectivity index (χ1v) is 11.6. The number of hydrogen-bond acceptors (Lipinski definition) is 9. The maximum atomic E-state index is 13.1. The molecule has 9 nitrogen and oxygen atoms in total. The van der Waals surface area contributed by atoms with Gasteiger partial charge in [-0.2, -0.15) is 9.36 Å². The Hall–Kier alpha value is -3.63. The van der Waals surface area contributed by atoms with Gasteiger partial charge in [0.05, 0.1) is 28.5 Å². The monoisotopic (exact) mass is 461 g/mol. The Bertz CT molecular complexity index is 1290. The van der Waals surface area contributed by atoms with Crippen LogP contribution in [0.1, 0.15) is 35.3 Å². The minimum atomic E-state index is -0.305. The van der Waals surface area contributed by atoms with E-state index in [0.717, 1.165) is 37.0 Å². The first-order valence-electron chi connectivity index (χ1n) is 10.8. The van der Waals surface area contributed by atoms with Crippen molar-refractivity contribution in [1.29, 1.82) is 0 Å². The third kappa shape index (κ3) is 4.91. The highest BCUT2D eigenvalue weighted by atomic mass is 32.1. The van der Waals surface area contributed by atoms with Crippen LogP contribution in [0, 0.1) is 6.92 Å². The summed E-state index contributed by atoms with van der Waals surface area (Å²) in [5, 5.41) is 8.55. The second-order valence-corrected chi connectivity index (χ2v) is 8.51. The fourth-order valence-electron chi connectivity index (χ4n) is 3.66. The number of para-hydroxylation sites is 2. The van der Waals surface area contributed by atoms with E-state index in [2.05, 4.69) is 30.0 Å². The standard InChI is InChI=1S/C23H23N7O2S/c1-15-21(23(33-29-15)28-19-14-24-16-8-3-4-9-17(16)25-19)22(31)27-18-10-7-11-20(26-18)32-30-12-5-2-6-13-30/h3-4,7-11,14H,2,5-6,12-13H2,1H3,(H,25,28)(H,26,27,31). The summed E-state index contributed by atoms with van der Waals surface area (Å²) in [4.78, 5) is 32.4. The Morgan fingerprint density at radius 3 is 2.67 bits per heavy atom. The maximum Gasteiger partial charge on any atom is 0.261 e. The van der Waals surface area contributed by atoms with E-state index >= 15 is 0 Å². The van der Waals surface area contributed by atoms with Crippen LogP contribution in [0.25, 0.3) is 11.0 Å². The van der Waals surface area contributed by atoms with Gasteiger partial charge in [-0.05, 0) is 49.5 Å². The number of anilines is 3. The lowest BCUT2D eigenvalue weighted by atomic mass is 10.2. The van der Waals surface area contributed by atoms with Crippen molar-refractivity contribution >= 4 is 45.1 Å². The van der Waals surface area contributed by atoms with Crippen LogP contribution in [-0.2, 0) is 0 Å². The summed E-state index contributed by atoms with van der Waals surface area (Å²) in [6, 6.07) is 12.9. The molecule has 168 valence electrons. The highest BCUT2D eigenvalue weighted by molar-refractivity contribution is 7.10. The second-order valence-electron chi connectivity index (χ2n) is 7.74. The van der Waals surface area contributed by atoms with Crippen molar-refractivity contribution in [3.63, 3.8) is 0 Å². The fourth-order valence-corrected chi connectivity index (χ4v) is 4.46. The topological polar surface area (TPSA) is 105 Å². The molecular formula is C23H23N7O2S.